The molecule has 1 aromatic rings. The summed E-state index contributed by atoms with van der Waals surface area (Å²) >= 11 is 0. The molecule has 2 saturated heterocycles. The first kappa shape index (κ1) is 20.5. The van der Waals surface area contributed by atoms with Crippen molar-refractivity contribution in [2.45, 2.75) is 62.3 Å². The van der Waals surface area contributed by atoms with E-state index in [9.17, 15) is 9.00 Å². The van der Waals surface area contributed by atoms with Crippen molar-refractivity contribution in [2.75, 3.05) is 19.6 Å². The van der Waals surface area contributed by atoms with E-state index in [0.717, 1.165) is 43.3 Å². The first-order valence-corrected chi connectivity index (χ1v) is 11.4. The van der Waals surface area contributed by atoms with Gasteiger partial charge < -0.3 is 10.4 Å². The number of piperidine rings is 2. The normalized spacial score (nSPS) is 28.1. The molecule has 6 heteroatoms. The first-order valence-electron chi connectivity index (χ1n) is 10.3. The highest BCUT2D eigenvalue weighted by molar-refractivity contribution is 7.82. The number of fused-ring (bicyclic) bond motifs is 1. The Labute approximate surface area is 165 Å². The monoisotopic (exact) mass is 392 g/mol. The molecular weight excluding hydrogens is 360 g/mol. The number of benzene rings is 1. The Morgan fingerprint density at radius 1 is 0.889 bits per heavy atom. The summed E-state index contributed by atoms with van der Waals surface area (Å²) in [6.07, 6.45) is 9.28. The third-order valence-corrected chi connectivity index (χ3v) is 8.02. The van der Waals surface area contributed by atoms with Crippen molar-refractivity contribution < 1.29 is 14.5 Å². The van der Waals surface area contributed by atoms with E-state index in [-0.39, 0.29) is 11.4 Å². The van der Waals surface area contributed by atoms with E-state index in [4.69, 9.17) is 0 Å². The van der Waals surface area contributed by atoms with Crippen LogP contribution < -0.4 is 0 Å². The van der Waals surface area contributed by atoms with Crippen molar-refractivity contribution in [3.63, 3.8) is 0 Å². The highest BCUT2D eigenvalue weighted by atomic mass is 32.2. The number of carbonyl (C=O) groups is 1. The van der Waals surface area contributed by atoms with Gasteiger partial charge in [0.05, 0.1) is 4.90 Å². The lowest BCUT2D eigenvalue weighted by Gasteiger charge is -2.46. The average molecular weight is 393 g/mol. The van der Waals surface area contributed by atoms with Crippen molar-refractivity contribution in [1.29, 1.82) is 0 Å². The van der Waals surface area contributed by atoms with Gasteiger partial charge in [-0.05, 0) is 56.6 Å². The summed E-state index contributed by atoms with van der Waals surface area (Å²) in [4.78, 5) is 16.3. The fourth-order valence-corrected chi connectivity index (χ4v) is 6.32. The van der Waals surface area contributed by atoms with Crippen LogP contribution in [0.1, 0.15) is 51.4 Å². The van der Waals surface area contributed by atoms with Crippen molar-refractivity contribution in [1.82, 2.24) is 9.21 Å². The van der Waals surface area contributed by atoms with Gasteiger partial charge in [-0.15, -0.1) is 0 Å². The standard InChI is InChI=1S/C21H30N2O2S.H2O/c24-21(23-14-6-8-17-7-4-5-11-20(17)23)18-12-15-22(16-13-18)26(25)19-9-2-1-3-10-19;/h1-3,9-10,17-18,20H,4-8,11-16H2;1H2. The number of carbonyl (C=O) groups excluding carboxylic acids is 1. The van der Waals surface area contributed by atoms with Gasteiger partial charge in [0.25, 0.3) is 0 Å². The molecule has 0 spiro atoms. The predicted molar refractivity (Wildman–Crippen MR) is 107 cm³/mol. The fourth-order valence-electron chi connectivity index (χ4n) is 5.09. The lowest BCUT2D eigenvalue weighted by atomic mass is 9.77. The molecule has 1 aliphatic carbocycles. The molecule has 4 rings (SSSR count). The smallest absolute Gasteiger partial charge is 0.226 e. The highest BCUT2D eigenvalue weighted by Crippen LogP contribution is 2.36. The first-order chi connectivity index (χ1) is 12.7. The van der Waals surface area contributed by atoms with Gasteiger partial charge in [-0.3, -0.25) is 4.79 Å². The minimum atomic E-state index is -1.10. The Hall–Kier alpha value is -1.24. The fraction of sp³-hybridized carbons (Fsp3) is 0.667. The third-order valence-electron chi connectivity index (χ3n) is 6.51. The second kappa shape index (κ2) is 9.30. The van der Waals surface area contributed by atoms with Crippen molar-refractivity contribution >= 4 is 16.9 Å². The predicted octanol–water partition coefficient (Wildman–Crippen LogP) is 2.78. The van der Waals surface area contributed by atoms with Gasteiger partial charge in [-0.1, -0.05) is 31.0 Å². The number of amides is 1. The van der Waals surface area contributed by atoms with E-state index in [1.54, 1.807) is 0 Å². The molecule has 3 fully saturated rings. The van der Waals surface area contributed by atoms with Crippen LogP contribution in [0.25, 0.3) is 0 Å². The van der Waals surface area contributed by atoms with E-state index in [2.05, 4.69) is 4.90 Å². The van der Waals surface area contributed by atoms with Gasteiger partial charge in [0.1, 0.15) is 11.0 Å². The van der Waals surface area contributed by atoms with Crippen molar-refractivity contribution in [2.24, 2.45) is 11.8 Å². The molecule has 2 aliphatic heterocycles. The molecule has 0 radical (unpaired) electrons. The Morgan fingerprint density at radius 2 is 1.56 bits per heavy atom. The number of hydrogen-bond acceptors (Lipinski definition) is 2. The van der Waals surface area contributed by atoms with Crippen LogP contribution in [-0.4, -0.2) is 50.5 Å². The van der Waals surface area contributed by atoms with Crippen LogP contribution >= 0.6 is 0 Å². The third kappa shape index (κ3) is 4.44. The van der Waals surface area contributed by atoms with Crippen LogP contribution in [0, 0.1) is 11.8 Å². The summed E-state index contributed by atoms with van der Waals surface area (Å²) in [7, 11) is -1.10. The Bertz CT molecular complexity index is 644. The molecule has 3 aliphatic rings. The molecule has 0 aromatic heterocycles. The molecule has 0 bridgehead atoms. The van der Waals surface area contributed by atoms with Crippen LogP contribution in [0.5, 0.6) is 0 Å². The maximum Gasteiger partial charge on any atom is 0.226 e. The minimum Gasteiger partial charge on any atom is -0.412 e. The molecule has 3 unspecified atom stereocenters. The second-order valence-corrected chi connectivity index (χ2v) is 9.54. The summed E-state index contributed by atoms with van der Waals surface area (Å²) < 4.78 is 14.7. The van der Waals surface area contributed by atoms with Gasteiger partial charge in [0.2, 0.25) is 5.91 Å². The highest BCUT2D eigenvalue weighted by Gasteiger charge is 2.39. The number of likely N-dealkylation sites (tertiary alicyclic amines) is 1. The van der Waals surface area contributed by atoms with E-state index in [1.165, 1.54) is 38.5 Å². The molecule has 1 saturated carbocycles. The van der Waals surface area contributed by atoms with E-state index in [1.807, 2.05) is 34.6 Å². The zero-order valence-electron chi connectivity index (χ0n) is 16.0. The topological polar surface area (TPSA) is 72.1 Å². The summed E-state index contributed by atoms with van der Waals surface area (Å²) in [6.45, 7) is 2.45. The van der Waals surface area contributed by atoms with E-state index < -0.39 is 11.0 Å². The summed E-state index contributed by atoms with van der Waals surface area (Å²) in [5.74, 6) is 1.25. The molecular formula is C21H32N2O3S. The summed E-state index contributed by atoms with van der Waals surface area (Å²) in [5.41, 5.74) is 0. The average Bonchev–Trinajstić information content (AvgIpc) is 2.73. The van der Waals surface area contributed by atoms with E-state index in [0.29, 0.717) is 11.9 Å². The largest absolute Gasteiger partial charge is 0.412 e. The molecule has 2 heterocycles. The van der Waals surface area contributed by atoms with Crippen LogP contribution in [0.3, 0.4) is 0 Å². The number of rotatable bonds is 3. The van der Waals surface area contributed by atoms with Gasteiger partial charge >= 0.3 is 0 Å². The quantitative estimate of drug-likeness (QED) is 0.793. The van der Waals surface area contributed by atoms with Gasteiger partial charge in [-0.2, -0.15) is 0 Å². The lowest BCUT2D eigenvalue weighted by Crippen LogP contribution is -2.52. The van der Waals surface area contributed by atoms with Crippen LogP contribution in [0.15, 0.2) is 35.2 Å². The van der Waals surface area contributed by atoms with Gasteiger partial charge in [0, 0.05) is 31.6 Å². The number of hydrogen-bond donors (Lipinski definition) is 0. The zero-order chi connectivity index (χ0) is 17.9. The van der Waals surface area contributed by atoms with Crippen molar-refractivity contribution in [3.8, 4) is 0 Å². The van der Waals surface area contributed by atoms with Gasteiger partial charge in [-0.25, -0.2) is 8.51 Å². The molecule has 1 amide bonds. The second-order valence-electron chi connectivity index (χ2n) is 8.05. The maximum atomic E-state index is 13.2. The molecule has 5 nitrogen and oxygen atoms in total. The molecule has 150 valence electrons. The maximum absolute atomic E-state index is 13.2. The minimum absolute atomic E-state index is 0. The van der Waals surface area contributed by atoms with Crippen LogP contribution in [0.4, 0.5) is 0 Å². The summed E-state index contributed by atoms with van der Waals surface area (Å²) in [6, 6.07) is 10.2. The molecule has 27 heavy (non-hydrogen) atoms. The lowest BCUT2D eigenvalue weighted by molar-refractivity contribution is -0.143. The Morgan fingerprint density at radius 3 is 2.30 bits per heavy atom. The number of nitrogens with zero attached hydrogens (tertiary/aromatic N) is 2. The SMILES string of the molecule is O.O=C(C1CCN(S(=O)c2ccccc2)CC1)N1CCCC2CCCCC21. The Balaban J connectivity index is 0.00000210. The summed E-state index contributed by atoms with van der Waals surface area (Å²) in [5, 5.41) is 0. The van der Waals surface area contributed by atoms with Crippen LogP contribution in [0.2, 0.25) is 0 Å². The van der Waals surface area contributed by atoms with Crippen LogP contribution in [-0.2, 0) is 15.8 Å². The Kier molecular flexibility index (Phi) is 7.06. The molecule has 3 atom stereocenters. The van der Waals surface area contributed by atoms with Crippen molar-refractivity contribution in [3.05, 3.63) is 30.3 Å². The van der Waals surface area contributed by atoms with Gasteiger partial charge in [0.15, 0.2) is 0 Å². The molecule has 2 N–H and O–H groups in total. The molecule has 1 aromatic carbocycles. The van der Waals surface area contributed by atoms with E-state index >= 15 is 0 Å². The zero-order valence-corrected chi connectivity index (χ0v) is 16.8.